The quantitative estimate of drug-likeness (QED) is 0.377. The summed E-state index contributed by atoms with van der Waals surface area (Å²) in [5.74, 6) is -1.24. The maximum Gasteiger partial charge on any atom is 0.331 e. The molecule has 0 aliphatic rings. The zero-order valence-corrected chi connectivity index (χ0v) is 13.5. The lowest BCUT2D eigenvalue weighted by atomic mass is 10.1. The first-order valence-electron chi connectivity index (χ1n) is 7.40. The third kappa shape index (κ3) is 5.58. The van der Waals surface area contributed by atoms with Crippen molar-refractivity contribution in [1.82, 2.24) is 0 Å². The number of nitrogens with zero attached hydrogens (tertiary/aromatic N) is 1. The largest absolute Gasteiger partial charge is 0.452 e. The van der Waals surface area contributed by atoms with Gasteiger partial charge in [0.05, 0.1) is 10.5 Å². The van der Waals surface area contributed by atoms with Gasteiger partial charge in [-0.25, -0.2) is 4.79 Å². The Labute approximate surface area is 144 Å². The Morgan fingerprint density at radius 2 is 1.84 bits per heavy atom. The second kappa shape index (κ2) is 8.39. The number of hydrogen-bond acceptors (Lipinski definition) is 5. The van der Waals surface area contributed by atoms with E-state index in [0.717, 1.165) is 11.6 Å². The third-order valence-electron chi connectivity index (χ3n) is 3.21. The number of carbonyl (C=O) groups is 2. The average Bonchev–Trinajstić information content (AvgIpc) is 2.60. The number of nitrogens with one attached hydrogen (secondary N) is 1. The molecule has 0 heterocycles. The summed E-state index contributed by atoms with van der Waals surface area (Å²) >= 11 is 0. The highest BCUT2D eigenvalue weighted by molar-refractivity contribution is 5.94. The fourth-order valence-electron chi connectivity index (χ4n) is 1.97. The molecule has 0 saturated carbocycles. The molecule has 0 radical (unpaired) electrons. The van der Waals surface area contributed by atoms with Gasteiger partial charge in [0.15, 0.2) is 6.61 Å². The van der Waals surface area contributed by atoms with Crippen LogP contribution in [0.2, 0.25) is 0 Å². The molecule has 0 aliphatic carbocycles. The van der Waals surface area contributed by atoms with E-state index in [4.69, 9.17) is 4.74 Å². The summed E-state index contributed by atoms with van der Waals surface area (Å²) in [4.78, 5) is 33.7. The Hall–Kier alpha value is -3.48. The molecule has 2 aromatic rings. The minimum atomic E-state index is -0.766. The van der Waals surface area contributed by atoms with Crippen LogP contribution in [-0.4, -0.2) is 23.4 Å². The number of rotatable bonds is 6. The van der Waals surface area contributed by atoms with E-state index in [1.807, 2.05) is 19.1 Å². The predicted molar refractivity (Wildman–Crippen MR) is 92.9 cm³/mol. The Kier molecular flexibility index (Phi) is 6.00. The Morgan fingerprint density at radius 3 is 2.52 bits per heavy atom. The van der Waals surface area contributed by atoms with E-state index in [0.29, 0.717) is 5.69 Å². The van der Waals surface area contributed by atoms with Crippen LogP contribution >= 0.6 is 0 Å². The van der Waals surface area contributed by atoms with Crippen molar-refractivity contribution in [2.24, 2.45) is 0 Å². The van der Waals surface area contributed by atoms with Crippen molar-refractivity contribution < 1.29 is 19.2 Å². The highest BCUT2D eigenvalue weighted by Crippen LogP contribution is 2.18. The number of para-hydroxylation sites is 1. The van der Waals surface area contributed by atoms with E-state index >= 15 is 0 Å². The molecule has 2 rings (SSSR count). The fourth-order valence-corrected chi connectivity index (χ4v) is 1.97. The Bertz CT molecular complexity index is 812. The predicted octanol–water partition coefficient (Wildman–Crippen LogP) is 3.10. The van der Waals surface area contributed by atoms with Crippen molar-refractivity contribution in [3.05, 3.63) is 75.8 Å². The number of benzene rings is 2. The van der Waals surface area contributed by atoms with E-state index in [9.17, 15) is 19.7 Å². The molecule has 0 bridgehead atoms. The lowest BCUT2D eigenvalue weighted by Gasteiger charge is -2.05. The van der Waals surface area contributed by atoms with Gasteiger partial charge >= 0.3 is 5.97 Å². The average molecular weight is 340 g/mol. The summed E-state index contributed by atoms with van der Waals surface area (Å²) in [5.41, 5.74) is 1.81. The molecule has 7 nitrogen and oxygen atoms in total. The van der Waals surface area contributed by atoms with Crippen LogP contribution in [0.3, 0.4) is 0 Å². The van der Waals surface area contributed by atoms with Crippen LogP contribution in [0.25, 0.3) is 6.08 Å². The molecule has 2 aromatic carbocycles. The molecular formula is C18H16N2O5. The van der Waals surface area contributed by atoms with Gasteiger partial charge in [0.1, 0.15) is 0 Å². The number of amides is 1. The van der Waals surface area contributed by atoms with Crippen LogP contribution in [-0.2, 0) is 14.3 Å². The van der Waals surface area contributed by atoms with Crippen molar-refractivity contribution in [3.8, 4) is 0 Å². The van der Waals surface area contributed by atoms with Crippen molar-refractivity contribution in [2.75, 3.05) is 11.9 Å². The van der Waals surface area contributed by atoms with E-state index in [2.05, 4.69) is 5.32 Å². The summed E-state index contributed by atoms with van der Waals surface area (Å²) in [6.07, 6.45) is 2.32. The lowest BCUT2D eigenvalue weighted by Crippen LogP contribution is -2.20. The highest BCUT2D eigenvalue weighted by atomic mass is 16.6. The molecule has 0 spiro atoms. The minimum Gasteiger partial charge on any atom is -0.452 e. The second-order valence-corrected chi connectivity index (χ2v) is 5.17. The molecule has 128 valence electrons. The maximum absolute atomic E-state index is 11.7. The molecule has 0 unspecified atom stereocenters. The smallest absolute Gasteiger partial charge is 0.331 e. The van der Waals surface area contributed by atoms with Gasteiger partial charge in [-0.2, -0.15) is 0 Å². The number of ether oxygens (including phenoxy) is 1. The molecule has 7 heteroatoms. The Morgan fingerprint density at radius 1 is 1.16 bits per heavy atom. The minimum absolute atomic E-state index is 0.122. The summed E-state index contributed by atoms with van der Waals surface area (Å²) in [7, 11) is 0. The van der Waals surface area contributed by atoms with Crippen LogP contribution in [0.1, 0.15) is 11.1 Å². The number of hydrogen-bond donors (Lipinski definition) is 1. The molecule has 0 aliphatic heterocycles. The van der Waals surface area contributed by atoms with Crippen LogP contribution in [0, 0.1) is 17.0 Å². The molecule has 1 amide bonds. The second-order valence-electron chi connectivity index (χ2n) is 5.17. The SMILES string of the molecule is Cc1ccc(NC(=O)COC(=O)C=Cc2ccccc2[N+](=O)[O-])cc1. The van der Waals surface area contributed by atoms with E-state index in [1.54, 1.807) is 18.2 Å². The Balaban J connectivity index is 1.87. The van der Waals surface area contributed by atoms with Crippen molar-refractivity contribution >= 4 is 29.3 Å². The van der Waals surface area contributed by atoms with E-state index in [-0.39, 0.29) is 11.3 Å². The van der Waals surface area contributed by atoms with Crippen molar-refractivity contribution in [1.29, 1.82) is 0 Å². The molecular weight excluding hydrogens is 324 g/mol. The van der Waals surface area contributed by atoms with Crippen molar-refractivity contribution in [3.63, 3.8) is 0 Å². The van der Waals surface area contributed by atoms with Gasteiger partial charge in [0.2, 0.25) is 0 Å². The van der Waals surface area contributed by atoms with Gasteiger partial charge in [-0.1, -0.05) is 29.8 Å². The van der Waals surface area contributed by atoms with E-state index < -0.39 is 23.4 Å². The lowest BCUT2D eigenvalue weighted by molar-refractivity contribution is -0.385. The first-order valence-corrected chi connectivity index (χ1v) is 7.40. The zero-order valence-electron chi connectivity index (χ0n) is 13.5. The van der Waals surface area contributed by atoms with Gasteiger partial charge in [0, 0.05) is 17.8 Å². The van der Waals surface area contributed by atoms with Gasteiger partial charge in [0.25, 0.3) is 11.6 Å². The summed E-state index contributed by atoms with van der Waals surface area (Å²) in [5, 5.41) is 13.5. The van der Waals surface area contributed by atoms with Gasteiger partial charge in [-0.05, 0) is 31.2 Å². The van der Waals surface area contributed by atoms with Gasteiger partial charge in [-0.15, -0.1) is 0 Å². The maximum atomic E-state index is 11.7. The zero-order chi connectivity index (χ0) is 18.2. The van der Waals surface area contributed by atoms with E-state index in [1.165, 1.54) is 24.3 Å². The molecule has 0 saturated heterocycles. The molecule has 0 atom stereocenters. The van der Waals surface area contributed by atoms with Crippen LogP contribution < -0.4 is 5.32 Å². The van der Waals surface area contributed by atoms with Crippen LogP contribution in [0.5, 0.6) is 0 Å². The topological polar surface area (TPSA) is 98.5 Å². The summed E-state index contributed by atoms with van der Waals surface area (Å²) < 4.78 is 4.81. The molecule has 1 N–H and O–H groups in total. The molecule has 0 aromatic heterocycles. The van der Waals surface area contributed by atoms with Crippen LogP contribution in [0.15, 0.2) is 54.6 Å². The normalized spacial score (nSPS) is 10.4. The highest BCUT2D eigenvalue weighted by Gasteiger charge is 2.10. The molecule has 25 heavy (non-hydrogen) atoms. The standard InChI is InChI=1S/C18H16N2O5/c1-13-6-9-15(10-7-13)19-17(21)12-25-18(22)11-8-14-4-2-3-5-16(14)20(23)24/h2-11H,12H2,1H3,(H,19,21). The summed E-state index contributed by atoms with van der Waals surface area (Å²) in [6, 6.07) is 13.2. The number of nitro benzene ring substituents is 1. The van der Waals surface area contributed by atoms with Gasteiger partial charge in [-0.3, -0.25) is 14.9 Å². The third-order valence-corrected chi connectivity index (χ3v) is 3.21. The first kappa shape index (κ1) is 17.9. The fraction of sp³-hybridized carbons (Fsp3) is 0.111. The number of aryl methyl sites for hydroxylation is 1. The number of anilines is 1. The summed E-state index contributed by atoms with van der Waals surface area (Å²) in [6.45, 7) is 1.48. The van der Waals surface area contributed by atoms with Crippen molar-refractivity contribution in [2.45, 2.75) is 6.92 Å². The monoisotopic (exact) mass is 340 g/mol. The number of esters is 1. The first-order chi connectivity index (χ1) is 12.0. The molecule has 0 fully saturated rings. The van der Waals surface area contributed by atoms with Crippen LogP contribution in [0.4, 0.5) is 11.4 Å². The number of carbonyl (C=O) groups excluding carboxylic acids is 2. The number of nitro groups is 1. The van der Waals surface area contributed by atoms with Gasteiger partial charge < -0.3 is 10.1 Å².